The molecular weight excluding hydrogens is 406 g/mol. The second-order valence-electron chi connectivity index (χ2n) is 5.84. The van der Waals surface area contributed by atoms with Gasteiger partial charge in [-0.3, -0.25) is 9.69 Å². The topological polar surface area (TPSA) is 104 Å². The van der Waals surface area contributed by atoms with Gasteiger partial charge in [-0.15, -0.1) is 23.1 Å². The van der Waals surface area contributed by atoms with Crippen LogP contribution in [0.25, 0.3) is 0 Å². The predicted molar refractivity (Wildman–Crippen MR) is 108 cm³/mol. The fraction of sp³-hybridized carbons (Fsp3) is 0.412. The van der Waals surface area contributed by atoms with Gasteiger partial charge in [-0.25, -0.2) is 14.8 Å². The van der Waals surface area contributed by atoms with Crippen molar-refractivity contribution in [3.63, 3.8) is 0 Å². The van der Waals surface area contributed by atoms with Crippen molar-refractivity contribution in [3.8, 4) is 0 Å². The highest BCUT2D eigenvalue weighted by atomic mass is 32.2. The van der Waals surface area contributed by atoms with Gasteiger partial charge in [0.2, 0.25) is 5.91 Å². The van der Waals surface area contributed by atoms with Crippen molar-refractivity contribution in [2.75, 3.05) is 16.4 Å². The molecule has 1 aliphatic heterocycles. The van der Waals surface area contributed by atoms with Crippen molar-refractivity contribution >= 4 is 52.6 Å². The number of carboxylic acids is 1. The molecule has 0 saturated carbocycles. The molecule has 7 nitrogen and oxygen atoms in total. The number of aliphatic hydroxyl groups excluding tert-OH is 1. The van der Waals surface area contributed by atoms with Crippen molar-refractivity contribution in [3.05, 3.63) is 35.0 Å². The number of carbonyl (C=O) groups excluding carboxylic acids is 1. The number of carboxylic acid groups (broad SMARTS) is 1. The Balaban J connectivity index is 1.61. The molecule has 144 valence electrons. The number of pyridine rings is 1. The summed E-state index contributed by atoms with van der Waals surface area (Å²) in [6.07, 6.45) is 3.79. The van der Waals surface area contributed by atoms with E-state index in [1.54, 1.807) is 28.9 Å². The number of thioether (sulfide) groups is 2. The maximum atomic E-state index is 12.3. The number of anilines is 1. The van der Waals surface area contributed by atoms with Crippen LogP contribution in [0.5, 0.6) is 0 Å². The molecule has 0 bridgehead atoms. The summed E-state index contributed by atoms with van der Waals surface area (Å²) in [5.74, 6) is 0.783. The number of rotatable bonds is 8. The van der Waals surface area contributed by atoms with Crippen molar-refractivity contribution in [2.45, 2.75) is 35.6 Å². The van der Waals surface area contributed by atoms with Gasteiger partial charge in [0.05, 0.1) is 23.4 Å². The first-order valence-electron chi connectivity index (χ1n) is 8.39. The van der Waals surface area contributed by atoms with E-state index in [0.717, 1.165) is 29.1 Å². The summed E-state index contributed by atoms with van der Waals surface area (Å²) in [7, 11) is 0. The molecule has 1 fully saturated rings. The standard InChI is InChI=1S/C17H19N3O4S3/c1-2-11(21)10-3-4-13(18-7-10)20-14(22)9-26-15(20)5-6-25-17-19-8-12(27-17)16(23)24/h3-4,7-8,11,15,21H,2,5-6,9H2,1H3,(H,23,24). The summed E-state index contributed by atoms with van der Waals surface area (Å²) >= 11 is 4.23. The van der Waals surface area contributed by atoms with Crippen LogP contribution in [-0.2, 0) is 4.79 Å². The van der Waals surface area contributed by atoms with E-state index in [2.05, 4.69) is 9.97 Å². The molecule has 0 radical (unpaired) electrons. The van der Waals surface area contributed by atoms with Crippen LogP contribution < -0.4 is 4.90 Å². The van der Waals surface area contributed by atoms with Gasteiger partial charge in [0.15, 0.2) is 4.34 Å². The van der Waals surface area contributed by atoms with E-state index < -0.39 is 12.1 Å². The highest BCUT2D eigenvalue weighted by Gasteiger charge is 2.33. The fourth-order valence-electron chi connectivity index (χ4n) is 2.60. The second kappa shape index (κ2) is 9.05. The Morgan fingerprint density at radius 2 is 2.22 bits per heavy atom. The van der Waals surface area contributed by atoms with E-state index in [1.165, 1.54) is 18.0 Å². The monoisotopic (exact) mass is 425 g/mol. The Labute approximate surface area is 169 Å². The van der Waals surface area contributed by atoms with Crippen LogP contribution in [-0.4, -0.2) is 48.9 Å². The first-order chi connectivity index (χ1) is 13.0. The minimum atomic E-state index is -0.967. The largest absolute Gasteiger partial charge is 0.477 e. The van der Waals surface area contributed by atoms with Gasteiger partial charge < -0.3 is 10.2 Å². The Morgan fingerprint density at radius 1 is 1.41 bits per heavy atom. The van der Waals surface area contributed by atoms with Gasteiger partial charge in [-0.1, -0.05) is 24.8 Å². The van der Waals surface area contributed by atoms with Crippen molar-refractivity contribution < 1.29 is 19.8 Å². The lowest BCUT2D eigenvalue weighted by atomic mass is 10.1. The summed E-state index contributed by atoms with van der Waals surface area (Å²) in [5, 5.41) is 18.8. The zero-order valence-electron chi connectivity index (χ0n) is 14.6. The predicted octanol–water partition coefficient (Wildman–Crippen LogP) is 3.27. The smallest absolute Gasteiger partial charge is 0.347 e. The van der Waals surface area contributed by atoms with Gasteiger partial charge in [0.25, 0.3) is 0 Å². The Hall–Kier alpha value is -1.62. The number of amides is 1. The summed E-state index contributed by atoms with van der Waals surface area (Å²) in [5.41, 5.74) is 0.741. The zero-order valence-corrected chi connectivity index (χ0v) is 17.0. The van der Waals surface area contributed by atoms with Gasteiger partial charge in [0.1, 0.15) is 10.7 Å². The molecule has 2 atom stereocenters. The highest BCUT2D eigenvalue weighted by Crippen LogP contribution is 2.34. The fourth-order valence-corrected chi connectivity index (χ4v) is 5.77. The van der Waals surface area contributed by atoms with Crippen LogP contribution in [0.2, 0.25) is 0 Å². The van der Waals surface area contributed by atoms with Gasteiger partial charge in [-0.05, 0) is 24.5 Å². The number of nitrogens with zero attached hydrogens (tertiary/aromatic N) is 3. The third-order valence-corrected chi connectivity index (χ3v) is 7.45. The Kier molecular flexibility index (Phi) is 6.74. The van der Waals surface area contributed by atoms with E-state index >= 15 is 0 Å². The van der Waals surface area contributed by atoms with Crippen molar-refractivity contribution in [2.24, 2.45) is 0 Å². The van der Waals surface area contributed by atoms with Gasteiger partial charge in [0, 0.05) is 11.9 Å². The highest BCUT2D eigenvalue weighted by molar-refractivity contribution is 8.02. The van der Waals surface area contributed by atoms with Crippen LogP contribution in [0.15, 0.2) is 28.9 Å². The molecule has 2 N–H and O–H groups in total. The van der Waals surface area contributed by atoms with Gasteiger partial charge in [-0.2, -0.15) is 0 Å². The quantitative estimate of drug-likeness (QED) is 0.621. The summed E-state index contributed by atoms with van der Waals surface area (Å²) in [6, 6.07) is 3.58. The van der Waals surface area contributed by atoms with E-state index in [0.29, 0.717) is 22.3 Å². The Morgan fingerprint density at radius 3 is 2.85 bits per heavy atom. The molecule has 2 aromatic heterocycles. The number of aliphatic hydroxyl groups is 1. The van der Waals surface area contributed by atoms with Crippen molar-refractivity contribution in [1.82, 2.24) is 9.97 Å². The van der Waals surface area contributed by atoms with Crippen LogP contribution in [0.4, 0.5) is 5.82 Å². The number of thiazole rings is 1. The van der Waals surface area contributed by atoms with E-state index in [1.807, 2.05) is 13.0 Å². The molecule has 10 heteroatoms. The number of carbonyl (C=O) groups is 2. The normalized spacial score (nSPS) is 18.1. The number of hydrogen-bond acceptors (Lipinski definition) is 8. The first kappa shape index (κ1) is 20.1. The molecule has 1 saturated heterocycles. The molecule has 27 heavy (non-hydrogen) atoms. The lowest BCUT2D eigenvalue weighted by Gasteiger charge is -2.23. The third-order valence-electron chi connectivity index (χ3n) is 4.03. The molecule has 0 spiro atoms. The summed E-state index contributed by atoms with van der Waals surface area (Å²) in [4.78, 5) is 33.6. The first-order valence-corrected chi connectivity index (χ1v) is 11.2. The summed E-state index contributed by atoms with van der Waals surface area (Å²) in [6.45, 7) is 1.90. The number of aromatic nitrogens is 2. The zero-order chi connectivity index (χ0) is 19.4. The maximum Gasteiger partial charge on any atom is 0.347 e. The average Bonchev–Trinajstić information content (AvgIpc) is 3.28. The number of hydrogen-bond donors (Lipinski definition) is 2. The molecular formula is C17H19N3O4S3. The molecule has 3 heterocycles. The number of aromatic carboxylic acids is 1. The molecule has 2 aromatic rings. The Bertz CT molecular complexity index is 812. The van der Waals surface area contributed by atoms with Crippen LogP contribution >= 0.6 is 34.9 Å². The molecule has 0 aromatic carbocycles. The van der Waals surface area contributed by atoms with Crippen LogP contribution in [0, 0.1) is 0 Å². The lowest BCUT2D eigenvalue weighted by Crippen LogP contribution is -2.33. The minimum Gasteiger partial charge on any atom is -0.477 e. The molecule has 3 rings (SSSR count). The third kappa shape index (κ3) is 4.81. The molecule has 2 unspecified atom stereocenters. The van der Waals surface area contributed by atoms with E-state index in [4.69, 9.17) is 5.11 Å². The van der Waals surface area contributed by atoms with E-state index in [9.17, 15) is 14.7 Å². The lowest BCUT2D eigenvalue weighted by molar-refractivity contribution is -0.115. The molecule has 0 aliphatic carbocycles. The maximum absolute atomic E-state index is 12.3. The van der Waals surface area contributed by atoms with Crippen molar-refractivity contribution in [1.29, 1.82) is 0 Å². The van der Waals surface area contributed by atoms with Crippen LogP contribution in [0.3, 0.4) is 0 Å². The molecule has 1 aliphatic rings. The van der Waals surface area contributed by atoms with E-state index in [-0.39, 0.29) is 16.2 Å². The van der Waals surface area contributed by atoms with Gasteiger partial charge >= 0.3 is 5.97 Å². The van der Waals surface area contributed by atoms with Crippen LogP contribution in [0.1, 0.15) is 41.1 Å². The average molecular weight is 426 g/mol. The molecule has 1 amide bonds. The second-order valence-corrected chi connectivity index (χ2v) is 9.37. The summed E-state index contributed by atoms with van der Waals surface area (Å²) < 4.78 is 0.712. The minimum absolute atomic E-state index is 0.0154. The SMILES string of the molecule is CCC(O)c1ccc(N2C(=O)CSC2CCSc2ncc(C(=O)O)s2)nc1.